The van der Waals surface area contributed by atoms with Crippen molar-refractivity contribution in [3.63, 3.8) is 0 Å². The molecular formula is C6H9NO. The topological polar surface area (TPSA) is 27.5 Å². The van der Waals surface area contributed by atoms with Gasteiger partial charge in [0, 0.05) is 0 Å². The lowest BCUT2D eigenvalue weighted by Gasteiger charge is -2.23. The van der Waals surface area contributed by atoms with E-state index in [0.29, 0.717) is 0 Å². The third-order valence-corrected chi connectivity index (χ3v) is 1.22. The molecule has 2 nitrogen and oxygen atoms in total. The molecule has 44 valence electrons. The Balaban J connectivity index is 2.59. The van der Waals surface area contributed by atoms with E-state index in [0.717, 1.165) is 0 Å². The van der Waals surface area contributed by atoms with Crippen LogP contribution in [0.3, 0.4) is 0 Å². The van der Waals surface area contributed by atoms with Gasteiger partial charge in [-0.05, 0) is 19.1 Å². The van der Waals surface area contributed by atoms with Crippen LogP contribution in [0.15, 0.2) is 24.4 Å². The zero-order chi connectivity index (χ0) is 5.98. The molecule has 0 bridgehead atoms. The van der Waals surface area contributed by atoms with Gasteiger partial charge in [0.25, 0.3) is 0 Å². The summed E-state index contributed by atoms with van der Waals surface area (Å²) in [6.45, 7) is 1.89. The minimum atomic E-state index is 0.0972. The Morgan fingerprint density at radius 1 is 1.50 bits per heavy atom. The van der Waals surface area contributed by atoms with Crippen LogP contribution in [0.1, 0.15) is 6.92 Å². The summed E-state index contributed by atoms with van der Waals surface area (Å²) in [6.07, 6.45) is 7.15. The van der Waals surface area contributed by atoms with E-state index in [4.69, 9.17) is 0 Å². The van der Waals surface area contributed by atoms with Gasteiger partial charge in [-0.25, -0.2) is 0 Å². The Kier molecular flexibility index (Phi) is 1.46. The van der Waals surface area contributed by atoms with Crippen molar-refractivity contribution in [1.29, 1.82) is 0 Å². The van der Waals surface area contributed by atoms with Gasteiger partial charge in [0.1, 0.15) is 6.04 Å². The molecular weight excluding hydrogens is 102 g/mol. The highest BCUT2D eigenvalue weighted by Gasteiger charge is 2.02. The molecule has 2 unspecified atom stereocenters. The first-order valence-electron chi connectivity index (χ1n) is 2.69. The molecule has 0 spiro atoms. The van der Waals surface area contributed by atoms with Crippen molar-refractivity contribution >= 4 is 0 Å². The van der Waals surface area contributed by atoms with Gasteiger partial charge < -0.3 is 10.3 Å². The van der Waals surface area contributed by atoms with Crippen LogP contribution >= 0.6 is 0 Å². The van der Waals surface area contributed by atoms with Gasteiger partial charge in [-0.2, -0.15) is 0 Å². The molecule has 8 heavy (non-hydrogen) atoms. The second kappa shape index (κ2) is 2.11. The Hall–Kier alpha value is -0.600. The van der Waals surface area contributed by atoms with Crippen molar-refractivity contribution in [3.8, 4) is 0 Å². The molecule has 0 saturated carbocycles. The molecule has 1 heterocycles. The fourth-order valence-corrected chi connectivity index (χ4v) is 0.628. The fraction of sp³-hybridized carbons (Fsp3) is 0.333. The summed E-state index contributed by atoms with van der Waals surface area (Å²) in [4.78, 5) is 0. The van der Waals surface area contributed by atoms with Crippen molar-refractivity contribution in [2.24, 2.45) is 0 Å². The number of quaternary nitrogens is 1. The third kappa shape index (κ3) is 0.967. The van der Waals surface area contributed by atoms with E-state index in [-0.39, 0.29) is 11.1 Å². The maximum Gasteiger partial charge on any atom is 0.107 e. The van der Waals surface area contributed by atoms with Gasteiger partial charge in [-0.3, -0.25) is 0 Å². The van der Waals surface area contributed by atoms with Crippen LogP contribution in [0.5, 0.6) is 0 Å². The molecule has 0 aromatic rings. The maximum atomic E-state index is 10.7. The molecule has 1 aliphatic heterocycles. The zero-order valence-corrected chi connectivity index (χ0v) is 4.79. The first kappa shape index (κ1) is 5.54. The highest BCUT2D eigenvalue weighted by atomic mass is 16.5. The minimum Gasteiger partial charge on any atom is -0.629 e. The van der Waals surface area contributed by atoms with E-state index in [1.807, 2.05) is 19.1 Å². The van der Waals surface area contributed by atoms with Gasteiger partial charge in [-0.1, -0.05) is 6.08 Å². The molecule has 1 N–H and O–H groups in total. The molecule has 0 aromatic carbocycles. The Morgan fingerprint density at radius 3 is 2.62 bits per heavy atom. The van der Waals surface area contributed by atoms with Crippen LogP contribution in [0.25, 0.3) is 0 Å². The van der Waals surface area contributed by atoms with E-state index in [9.17, 15) is 5.21 Å². The largest absolute Gasteiger partial charge is 0.629 e. The average Bonchev–Trinajstić information content (AvgIpc) is 1.77. The molecule has 0 radical (unpaired) electrons. The van der Waals surface area contributed by atoms with E-state index >= 15 is 0 Å². The van der Waals surface area contributed by atoms with Gasteiger partial charge in [0.05, 0.1) is 6.20 Å². The van der Waals surface area contributed by atoms with Crippen molar-refractivity contribution in [2.75, 3.05) is 0 Å². The van der Waals surface area contributed by atoms with Gasteiger partial charge in [-0.15, -0.1) is 0 Å². The quantitative estimate of drug-likeness (QED) is 0.432. The lowest BCUT2D eigenvalue weighted by Crippen LogP contribution is -3.06. The molecule has 0 aromatic heterocycles. The SMILES string of the molecule is CC1C=CC=C[NH+]1[O-]. The Labute approximate surface area is 48.7 Å². The molecule has 2 atom stereocenters. The van der Waals surface area contributed by atoms with Gasteiger partial charge in [0.15, 0.2) is 0 Å². The highest BCUT2D eigenvalue weighted by molar-refractivity contribution is 5.05. The number of hydrogen-bond donors (Lipinski definition) is 1. The van der Waals surface area contributed by atoms with Crippen LogP contribution in [0.2, 0.25) is 0 Å². The van der Waals surface area contributed by atoms with Gasteiger partial charge >= 0.3 is 0 Å². The predicted octanol–water partition coefficient (Wildman–Crippen LogP) is -0.159. The van der Waals surface area contributed by atoms with Crippen LogP contribution in [-0.4, -0.2) is 6.04 Å². The van der Waals surface area contributed by atoms with E-state index in [1.165, 1.54) is 0 Å². The van der Waals surface area contributed by atoms with E-state index in [1.54, 1.807) is 12.3 Å². The summed E-state index contributed by atoms with van der Waals surface area (Å²) in [7, 11) is 0. The summed E-state index contributed by atoms with van der Waals surface area (Å²) < 4.78 is 0. The predicted molar refractivity (Wildman–Crippen MR) is 32.1 cm³/mol. The third-order valence-electron chi connectivity index (χ3n) is 1.22. The van der Waals surface area contributed by atoms with Crippen LogP contribution < -0.4 is 5.06 Å². The first-order valence-corrected chi connectivity index (χ1v) is 2.69. The summed E-state index contributed by atoms with van der Waals surface area (Å²) >= 11 is 0. The standard InChI is InChI=1S/C6H9NO/c1-6-4-2-3-5-7(6)8/h2-7H,1H3. The van der Waals surface area contributed by atoms with Gasteiger partial charge in [0.2, 0.25) is 0 Å². The fourth-order valence-electron chi connectivity index (χ4n) is 0.628. The zero-order valence-electron chi connectivity index (χ0n) is 4.79. The summed E-state index contributed by atoms with van der Waals surface area (Å²) in [5, 5.41) is 10.9. The molecule has 0 amide bonds. The Morgan fingerprint density at radius 2 is 2.25 bits per heavy atom. The van der Waals surface area contributed by atoms with Crippen molar-refractivity contribution in [1.82, 2.24) is 0 Å². The summed E-state index contributed by atoms with van der Waals surface area (Å²) in [5.74, 6) is 0. The number of hydrogen-bond acceptors (Lipinski definition) is 1. The summed E-state index contributed by atoms with van der Waals surface area (Å²) in [5.41, 5.74) is 0. The van der Waals surface area contributed by atoms with Crippen molar-refractivity contribution in [3.05, 3.63) is 29.6 Å². The lowest BCUT2D eigenvalue weighted by molar-refractivity contribution is -0.811. The van der Waals surface area contributed by atoms with Crippen molar-refractivity contribution < 1.29 is 5.06 Å². The number of nitrogens with one attached hydrogen (secondary N) is 1. The molecule has 1 aliphatic rings. The van der Waals surface area contributed by atoms with Crippen LogP contribution in [0.4, 0.5) is 0 Å². The first-order chi connectivity index (χ1) is 3.80. The molecule has 0 aliphatic carbocycles. The maximum absolute atomic E-state index is 10.7. The smallest absolute Gasteiger partial charge is 0.107 e. The highest BCUT2D eigenvalue weighted by Crippen LogP contribution is 1.84. The molecule has 0 saturated heterocycles. The van der Waals surface area contributed by atoms with E-state index < -0.39 is 0 Å². The second-order valence-corrected chi connectivity index (χ2v) is 1.94. The molecule has 2 heteroatoms. The van der Waals surface area contributed by atoms with E-state index in [2.05, 4.69) is 0 Å². The number of rotatable bonds is 0. The normalized spacial score (nSPS) is 35.8. The second-order valence-electron chi connectivity index (χ2n) is 1.94. The number of hydroxylamine groups is 2. The molecule has 1 rings (SSSR count). The lowest BCUT2D eigenvalue weighted by atomic mass is 10.2. The van der Waals surface area contributed by atoms with Crippen molar-refractivity contribution in [2.45, 2.75) is 13.0 Å². The minimum absolute atomic E-state index is 0.0972. The van der Waals surface area contributed by atoms with Crippen LogP contribution in [-0.2, 0) is 0 Å². The number of allylic oxidation sites excluding steroid dienone is 2. The average molecular weight is 111 g/mol. The Bertz CT molecular complexity index is 112. The summed E-state index contributed by atoms with van der Waals surface area (Å²) in [6, 6.07) is 0.0972. The van der Waals surface area contributed by atoms with Crippen LogP contribution in [0, 0.1) is 5.21 Å². The molecule has 0 fully saturated rings. The monoisotopic (exact) mass is 111 g/mol.